The average molecular weight is 522 g/mol. The van der Waals surface area contributed by atoms with E-state index in [1.165, 1.54) is 53.0 Å². The highest BCUT2D eigenvalue weighted by Gasteiger charge is 2.45. The summed E-state index contributed by atoms with van der Waals surface area (Å²) in [5.74, 6) is 0. The van der Waals surface area contributed by atoms with Crippen LogP contribution in [0.2, 0.25) is 0 Å². The van der Waals surface area contributed by atoms with Crippen LogP contribution in [0, 0.1) is 6.92 Å². The molecule has 1 aromatic rings. The molecule has 1 aliphatic rings. The normalized spacial score (nSPS) is 19.9. The molecule has 16 heteroatoms. The Bertz CT molecular complexity index is 1090. The van der Waals surface area contributed by atoms with E-state index in [0.29, 0.717) is 0 Å². The fourth-order valence-corrected chi connectivity index (χ4v) is 3.41. The zero-order valence-corrected chi connectivity index (χ0v) is 20.7. The van der Waals surface area contributed by atoms with E-state index < -0.39 is 61.9 Å². The Morgan fingerprint density at radius 2 is 1.69 bits per heavy atom. The van der Waals surface area contributed by atoms with E-state index in [9.17, 15) is 23.7 Å². The standard InChI is InChI=1S/C19H27N2O13P/c1-10(2)28-17(24)32-19(35(26,27-6)34-33-18(25)29-11(3)4)31-14-8-7-13(30-14)21-9-12(5)15(22)20-16(21)23/h7-11,13-14,19H,1-6H3,(H,20,22,23)/t13-,14-,19?,35?/m0/s1. The smallest absolute Gasteiger partial charge is 0.431 e. The van der Waals surface area contributed by atoms with Crippen molar-refractivity contribution in [3.8, 4) is 0 Å². The molecular weight excluding hydrogens is 495 g/mol. The van der Waals surface area contributed by atoms with Crippen molar-refractivity contribution in [2.45, 2.75) is 65.4 Å². The van der Waals surface area contributed by atoms with Crippen LogP contribution in [0.1, 0.15) is 39.5 Å². The second kappa shape index (κ2) is 12.1. The lowest BCUT2D eigenvalue weighted by molar-refractivity contribution is -0.224. The summed E-state index contributed by atoms with van der Waals surface area (Å²) in [6.45, 7) is 7.62. The summed E-state index contributed by atoms with van der Waals surface area (Å²) in [4.78, 5) is 53.9. The summed E-state index contributed by atoms with van der Waals surface area (Å²) in [5.41, 5.74) is -1.08. The van der Waals surface area contributed by atoms with Gasteiger partial charge in [-0.15, -0.1) is 0 Å². The van der Waals surface area contributed by atoms with Gasteiger partial charge in [0, 0.05) is 18.9 Å². The van der Waals surface area contributed by atoms with Crippen LogP contribution in [-0.2, 0) is 42.3 Å². The van der Waals surface area contributed by atoms with Gasteiger partial charge < -0.3 is 23.5 Å². The number of aryl methyl sites for hydroxylation is 1. The summed E-state index contributed by atoms with van der Waals surface area (Å²) in [6.07, 6.45) is -2.26. The summed E-state index contributed by atoms with van der Waals surface area (Å²) in [7, 11) is -3.75. The van der Waals surface area contributed by atoms with Crippen molar-refractivity contribution in [3.63, 3.8) is 0 Å². The number of carbonyl (C=O) groups excluding carboxylic acids is 2. The van der Waals surface area contributed by atoms with Crippen molar-refractivity contribution >= 4 is 19.9 Å². The summed E-state index contributed by atoms with van der Waals surface area (Å²) in [5, 5.41) is 0. The minimum Gasteiger partial charge on any atom is -0.431 e. The van der Waals surface area contributed by atoms with Gasteiger partial charge in [0.05, 0.1) is 12.2 Å². The molecule has 1 aromatic heterocycles. The first-order valence-electron chi connectivity index (χ1n) is 10.3. The van der Waals surface area contributed by atoms with Gasteiger partial charge in [0.1, 0.15) is 0 Å². The number of hydrogen-bond donors (Lipinski definition) is 1. The van der Waals surface area contributed by atoms with Gasteiger partial charge in [0.25, 0.3) is 5.56 Å². The Morgan fingerprint density at radius 3 is 2.29 bits per heavy atom. The molecule has 1 aliphatic heterocycles. The van der Waals surface area contributed by atoms with Crippen molar-refractivity contribution < 1.29 is 51.9 Å². The minimum atomic E-state index is -4.67. The van der Waals surface area contributed by atoms with Crippen molar-refractivity contribution in [1.82, 2.24) is 9.55 Å². The first-order chi connectivity index (χ1) is 16.3. The number of carbonyl (C=O) groups is 2. The van der Waals surface area contributed by atoms with Crippen LogP contribution in [0.4, 0.5) is 9.59 Å². The molecule has 35 heavy (non-hydrogen) atoms. The summed E-state index contributed by atoms with van der Waals surface area (Å²) < 4.78 is 49.1. The van der Waals surface area contributed by atoms with E-state index in [0.717, 1.165) is 11.7 Å². The maximum atomic E-state index is 13.2. The Morgan fingerprint density at radius 1 is 1.06 bits per heavy atom. The third-order valence-corrected chi connectivity index (χ3v) is 5.49. The Kier molecular flexibility index (Phi) is 9.80. The Labute approximate surface area is 199 Å². The van der Waals surface area contributed by atoms with Gasteiger partial charge in [-0.3, -0.25) is 24.0 Å². The molecule has 2 heterocycles. The number of ether oxygens (including phenoxy) is 5. The minimum absolute atomic E-state index is 0.242. The average Bonchev–Trinajstić information content (AvgIpc) is 3.21. The molecule has 0 saturated carbocycles. The molecule has 2 unspecified atom stereocenters. The second-order valence-electron chi connectivity index (χ2n) is 7.53. The fourth-order valence-electron chi connectivity index (χ4n) is 2.46. The van der Waals surface area contributed by atoms with Gasteiger partial charge in [-0.2, -0.15) is 0 Å². The molecule has 0 aromatic carbocycles. The second-order valence-corrected chi connectivity index (χ2v) is 9.55. The van der Waals surface area contributed by atoms with Crippen LogP contribution in [0.15, 0.2) is 27.9 Å². The van der Waals surface area contributed by atoms with Crippen molar-refractivity contribution in [3.05, 3.63) is 44.8 Å². The highest BCUT2D eigenvalue weighted by atomic mass is 31.2. The first kappa shape index (κ1) is 28.3. The zero-order valence-electron chi connectivity index (χ0n) is 19.8. The predicted octanol–water partition coefficient (Wildman–Crippen LogP) is 2.45. The quantitative estimate of drug-likeness (QED) is 0.118. The third-order valence-electron chi connectivity index (χ3n) is 3.96. The van der Waals surface area contributed by atoms with Gasteiger partial charge in [-0.05, 0) is 46.8 Å². The molecule has 15 nitrogen and oxygen atoms in total. The molecule has 0 amide bonds. The van der Waals surface area contributed by atoms with Gasteiger partial charge in [-0.1, -0.05) is 4.67 Å². The van der Waals surface area contributed by atoms with E-state index in [1.807, 2.05) is 0 Å². The van der Waals surface area contributed by atoms with Crippen LogP contribution < -0.4 is 11.2 Å². The first-order valence-corrected chi connectivity index (χ1v) is 11.9. The SMILES string of the molecule is COP(=O)(OOC(=O)OC(C)C)C(OC(=O)OC(C)C)O[C@H]1C=C[C@@H](n2cc(C)c(=O)[nH]c2=O)O1. The van der Waals surface area contributed by atoms with E-state index in [4.69, 9.17) is 28.2 Å². The van der Waals surface area contributed by atoms with Gasteiger partial charge >= 0.3 is 31.6 Å². The molecule has 0 bridgehead atoms. The van der Waals surface area contributed by atoms with E-state index in [1.54, 1.807) is 0 Å². The molecule has 0 fully saturated rings. The molecule has 1 N–H and O–H groups in total. The highest BCUT2D eigenvalue weighted by molar-refractivity contribution is 7.54. The maximum absolute atomic E-state index is 13.2. The summed E-state index contributed by atoms with van der Waals surface area (Å²) >= 11 is 0. The van der Waals surface area contributed by atoms with Crippen LogP contribution in [-0.4, -0.2) is 53.5 Å². The van der Waals surface area contributed by atoms with Crippen molar-refractivity contribution in [2.75, 3.05) is 7.11 Å². The monoisotopic (exact) mass is 522 g/mol. The fraction of sp³-hybridized carbons (Fsp3) is 0.579. The van der Waals surface area contributed by atoms with Crippen molar-refractivity contribution in [1.29, 1.82) is 0 Å². The zero-order chi connectivity index (χ0) is 26.3. The molecular formula is C19H27N2O13P. The lowest BCUT2D eigenvalue weighted by atomic mass is 10.4. The van der Waals surface area contributed by atoms with Crippen LogP contribution in [0.3, 0.4) is 0 Å². The molecule has 2 rings (SSSR count). The largest absolute Gasteiger partial charge is 0.541 e. The maximum Gasteiger partial charge on any atom is 0.541 e. The lowest BCUT2D eigenvalue weighted by Gasteiger charge is -2.26. The van der Waals surface area contributed by atoms with Gasteiger partial charge in [0.15, 0.2) is 12.5 Å². The van der Waals surface area contributed by atoms with Crippen LogP contribution in [0.25, 0.3) is 0 Å². The third kappa shape index (κ3) is 8.04. The number of aromatic nitrogens is 2. The van der Waals surface area contributed by atoms with Gasteiger partial charge in [-0.25, -0.2) is 18.9 Å². The molecule has 0 radical (unpaired) electrons. The van der Waals surface area contributed by atoms with Gasteiger partial charge in [0.2, 0.25) is 0 Å². The number of nitrogens with zero attached hydrogens (tertiary/aromatic N) is 1. The van der Waals surface area contributed by atoms with Crippen molar-refractivity contribution in [2.24, 2.45) is 0 Å². The predicted molar refractivity (Wildman–Crippen MR) is 115 cm³/mol. The summed E-state index contributed by atoms with van der Waals surface area (Å²) in [6, 6.07) is -2.15. The number of aromatic amines is 1. The molecule has 0 spiro atoms. The number of hydrogen-bond acceptors (Lipinski definition) is 13. The highest BCUT2D eigenvalue weighted by Crippen LogP contribution is 2.54. The lowest BCUT2D eigenvalue weighted by Crippen LogP contribution is -2.34. The molecule has 0 saturated heterocycles. The molecule has 196 valence electrons. The number of nitrogens with one attached hydrogen (secondary N) is 1. The molecule has 0 aliphatic carbocycles. The van der Waals surface area contributed by atoms with E-state index in [-0.39, 0.29) is 5.56 Å². The van der Waals surface area contributed by atoms with E-state index >= 15 is 0 Å². The van der Waals surface area contributed by atoms with Crippen LogP contribution >= 0.6 is 7.60 Å². The number of rotatable bonds is 10. The Balaban J connectivity index is 2.20. The van der Waals surface area contributed by atoms with Crippen LogP contribution in [0.5, 0.6) is 0 Å². The molecule has 4 atom stereocenters. The topological polar surface area (TPSA) is 180 Å². The Hall–Kier alpha value is -2.97. The van der Waals surface area contributed by atoms with E-state index in [2.05, 4.69) is 14.5 Å². The number of H-pyrrole nitrogens is 1.